The van der Waals surface area contributed by atoms with Crippen molar-refractivity contribution in [2.75, 3.05) is 6.16 Å². The molecule has 0 N–H and O–H groups in total. The summed E-state index contributed by atoms with van der Waals surface area (Å²) in [5, 5.41) is 1.24. The van der Waals surface area contributed by atoms with Crippen LogP contribution in [-0.2, 0) is 17.0 Å². The third-order valence-corrected chi connectivity index (χ3v) is 13.4. The standard InChI is InChI=1S/C27H25PS/c1-20-26(2)19-28(29,27(20,3)23-17-11-6-12-18-23)25(22-15-9-5-10-16-22)24(26)21-13-7-4-8-14-21/h4-18H,1,19H2,2-3H3/t26-,27+,28+/m0/s1. The lowest BCUT2D eigenvalue weighted by molar-refractivity contribution is 0.582. The summed E-state index contributed by atoms with van der Waals surface area (Å²) in [6.07, 6.45) is 1.02. The lowest BCUT2D eigenvalue weighted by Gasteiger charge is -2.44. The average molecular weight is 413 g/mol. The molecule has 0 radical (unpaired) electrons. The zero-order chi connectivity index (χ0) is 20.3. The molecule has 3 atom stereocenters. The molecule has 0 unspecified atom stereocenters. The van der Waals surface area contributed by atoms with Gasteiger partial charge in [-0.1, -0.05) is 122 Å². The second-order valence-corrected chi connectivity index (χ2v) is 13.6. The molecule has 29 heavy (non-hydrogen) atoms. The van der Waals surface area contributed by atoms with Crippen LogP contribution in [-0.4, -0.2) is 6.16 Å². The van der Waals surface area contributed by atoms with Gasteiger partial charge in [0.05, 0.1) is 0 Å². The van der Waals surface area contributed by atoms with Crippen molar-refractivity contribution in [1.29, 1.82) is 0 Å². The van der Waals surface area contributed by atoms with Gasteiger partial charge in [0.15, 0.2) is 0 Å². The summed E-state index contributed by atoms with van der Waals surface area (Å²) in [7, 11) is 0. The van der Waals surface area contributed by atoms with Crippen LogP contribution in [0.25, 0.3) is 10.9 Å². The van der Waals surface area contributed by atoms with Crippen LogP contribution in [0.15, 0.2) is 103 Å². The number of benzene rings is 3. The Balaban J connectivity index is 1.88. The maximum absolute atomic E-state index is 6.75. The Morgan fingerprint density at radius 2 is 1.24 bits per heavy atom. The van der Waals surface area contributed by atoms with Crippen LogP contribution in [0.3, 0.4) is 0 Å². The van der Waals surface area contributed by atoms with Gasteiger partial charge in [-0.2, -0.15) is 0 Å². The third kappa shape index (κ3) is 2.35. The molecule has 2 aliphatic heterocycles. The van der Waals surface area contributed by atoms with Gasteiger partial charge in [0.25, 0.3) is 0 Å². The average Bonchev–Trinajstić information content (AvgIpc) is 3.11. The summed E-state index contributed by atoms with van der Waals surface area (Å²) < 4.78 is 0. The van der Waals surface area contributed by atoms with E-state index in [4.69, 9.17) is 18.4 Å². The Bertz CT molecular complexity index is 1180. The zero-order valence-corrected chi connectivity index (χ0v) is 18.6. The normalized spacial score (nSPS) is 30.8. The number of hydrogen-bond acceptors (Lipinski definition) is 1. The first-order chi connectivity index (χ1) is 13.9. The van der Waals surface area contributed by atoms with Crippen LogP contribution in [0.1, 0.15) is 30.5 Å². The van der Waals surface area contributed by atoms with Gasteiger partial charge in [0.1, 0.15) is 0 Å². The predicted molar refractivity (Wildman–Crippen MR) is 130 cm³/mol. The van der Waals surface area contributed by atoms with Gasteiger partial charge < -0.3 is 0 Å². The van der Waals surface area contributed by atoms with E-state index in [9.17, 15) is 0 Å². The van der Waals surface area contributed by atoms with Crippen molar-refractivity contribution >= 4 is 28.7 Å². The van der Waals surface area contributed by atoms with Crippen LogP contribution in [0, 0.1) is 5.41 Å². The molecule has 1 saturated heterocycles. The summed E-state index contributed by atoms with van der Waals surface area (Å²) >= 11 is 6.75. The largest absolute Gasteiger partial charge is 0.0977 e. The number of hydrogen-bond donors (Lipinski definition) is 0. The van der Waals surface area contributed by atoms with Crippen LogP contribution in [0.5, 0.6) is 0 Å². The lowest BCUT2D eigenvalue weighted by Crippen LogP contribution is -2.29. The van der Waals surface area contributed by atoms with Crippen LogP contribution < -0.4 is 0 Å². The molecule has 2 bridgehead atoms. The van der Waals surface area contributed by atoms with E-state index in [0.29, 0.717) is 0 Å². The van der Waals surface area contributed by atoms with Crippen molar-refractivity contribution in [3.63, 3.8) is 0 Å². The first-order valence-corrected chi connectivity index (χ1v) is 13.1. The minimum absolute atomic E-state index is 0.105. The Kier molecular flexibility index (Phi) is 4.14. The third-order valence-electron chi connectivity index (χ3n) is 7.11. The van der Waals surface area contributed by atoms with Gasteiger partial charge in [0.2, 0.25) is 0 Å². The molecule has 0 amide bonds. The van der Waals surface area contributed by atoms with E-state index in [1.807, 2.05) is 0 Å². The van der Waals surface area contributed by atoms with Crippen molar-refractivity contribution in [3.05, 3.63) is 120 Å². The molecule has 144 valence electrons. The molecular formula is C27H25PS. The maximum atomic E-state index is 6.75. The summed E-state index contributed by atoms with van der Waals surface area (Å²) in [5.41, 5.74) is 6.48. The highest BCUT2D eigenvalue weighted by Crippen LogP contribution is 2.89. The van der Waals surface area contributed by atoms with Crippen molar-refractivity contribution in [1.82, 2.24) is 0 Å². The van der Waals surface area contributed by atoms with E-state index in [-0.39, 0.29) is 10.6 Å². The fraction of sp³-hybridized carbons (Fsp3) is 0.185. The Hall–Kier alpha value is -2.21. The highest BCUT2D eigenvalue weighted by atomic mass is 32.4. The molecule has 5 rings (SSSR count). The van der Waals surface area contributed by atoms with Gasteiger partial charge >= 0.3 is 0 Å². The monoisotopic (exact) mass is 412 g/mol. The van der Waals surface area contributed by atoms with E-state index >= 15 is 0 Å². The fourth-order valence-electron chi connectivity index (χ4n) is 5.58. The van der Waals surface area contributed by atoms with Crippen LogP contribution in [0.2, 0.25) is 0 Å². The maximum Gasteiger partial charge on any atom is 0.0468 e. The quantitative estimate of drug-likeness (QED) is 0.316. The zero-order valence-electron chi connectivity index (χ0n) is 16.9. The minimum atomic E-state index is -1.98. The Morgan fingerprint density at radius 1 is 0.759 bits per heavy atom. The highest BCUT2D eigenvalue weighted by Gasteiger charge is 2.65. The smallest absolute Gasteiger partial charge is 0.0468 e. The first kappa shape index (κ1) is 18.8. The molecule has 2 heterocycles. The molecule has 2 heteroatoms. The van der Waals surface area contributed by atoms with E-state index in [0.717, 1.165) is 6.16 Å². The minimum Gasteiger partial charge on any atom is -0.0977 e. The molecular weight excluding hydrogens is 387 g/mol. The SMILES string of the molecule is C=C1[C@]2(C)C[P@@](=S)(C(c3ccccc3)=C2c2ccccc2)[C@@]1(C)c1ccccc1. The van der Waals surface area contributed by atoms with Crippen molar-refractivity contribution in [2.24, 2.45) is 5.41 Å². The van der Waals surface area contributed by atoms with Gasteiger partial charge in [0, 0.05) is 10.6 Å². The van der Waals surface area contributed by atoms with Crippen molar-refractivity contribution in [3.8, 4) is 0 Å². The second-order valence-electron chi connectivity index (χ2n) is 8.60. The Morgan fingerprint density at radius 3 is 1.79 bits per heavy atom. The second kappa shape index (κ2) is 6.39. The number of rotatable bonds is 3. The molecule has 0 aromatic heterocycles. The van der Waals surface area contributed by atoms with Crippen molar-refractivity contribution < 1.29 is 0 Å². The molecule has 0 spiro atoms. The number of allylic oxidation sites excluding steroid dienone is 2. The molecule has 0 saturated carbocycles. The van der Waals surface area contributed by atoms with E-state index in [1.165, 1.54) is 33.2 Å². The summed E-state index contributed by atoms with van der Waals surface area (Å²) in [6.45, 7) is 9.45. The molecule has 0 nitrogen and oxygen atoms in total. The molecule has 0 aliphatic carbocycles. The molecule has 3 aromatic rings. The van der Waals surface area contributed by atoms with E-state index in [2.05, 4.69) is 105 Å². The summed E-state index contributed by atoms with van der Waals surface area (Å²) in [6, 6.07) is 30.5. The number of fused-ring (bicyclic) bond motifs is 2. The summed E-state index contributed by atoms with van der Waals surface area (Å²) in [4.78, 5) is 0. The first-order valence-electron chi connectivity index (χ1n) is 10.1. The van der Waals surface area contributed by atoms with Crippen LogP contribution in [0.4, 0.5) is 0 Å². The molecule has 1 fully saturated rings. The van der Waals surface area contributed by atoms with E-state index < -0.39 is 6.04 Å². The predicted octanol–water partition coefficient (Wildman–Crippen LogP) is 7.54. The Labute approximate surface area is 179 Å². The van der Waals surface area contributed by atoms with Gasteiger partial charge in [-0.25, -0.2) is 0 Å². The molecule has 2 aliphatic rings. The fourth-order valence-corrected chi connectivity index (χ4v) is 12.3. The highest BCUT2D eigenvalue weighted by molar-refractivity contribution is 8.20. The van der Waals surface area contributed by atoms with E-state index in [1.54, 1.807) is 0 Å². The van der Waals surface area contributed by atoms with Gasteiger partial charge in [-0.3, -0.25) is 0 Å². The summed E-state index contributed by atoms with van der Waals surface area (Å²) in [5.74, 6) is 0. The topological polar surface area (TPSA) is 0 Å². The van der Waals surface area contributed by atoms with Gasteiger partial charge in [-0.05, 0) is 46.7 Å². The van der Waals surface area contributed by atoms with Crippen molar-refractivity contribution in [2.45, 2.75) is 19.0 Å². The van der Waals surface area contributed by atoms with Gasteiger partial charge in [-0.15, -0.1) is 0 Å². The lowest BCUT2D eigenvalue weighted by atomic mass is 9.69. The molecule has 3 aromatic carbocycles. The van der Waals surface area contributed by atoms with Crippen LogP contribution >= 0.6 is 6.04 Å².